The third kappa shape index (κ3) is 3.66. The molecule has 0 fully saturated rings. The van der Waals surface area contributed by atoms with Crippen LogP contribution in [0.4, 0.5) is 17.1 Å². The average Bonchev–Trinajstić information content (AvgIpc) is 2.61. The molecule has 5 N–H and O–H groups in total. The highest BCUT2D eigenvalue weighted by atomic mass is 35.5. The number of nitrogens with one attached hydrogen (secondary N) is 1. The lowest BCUT2D eigenvalue weighted by molar-refractivity contribution is 0.598. The van der Waals surface area contributed by atoms with Crippen LogP contribution in [-0.2, 0) is 10.0 Å². The number of nitrogens with two attached hydrogens (primary N) is 2. The van der Waals surface area contributed by atoms with Crippen molar-refractivity contribution in [3.8, 4) is 0 Å². The molecule has 6 nitrogen and oxygen atoms in total. The maximum Gasteiger partial charge on any atom is 0.238 e. The summed E-state index contributed by atoms with van der Waals surface area (Å²) in [6.07, 6.45) is 0. The summed E-state index contributed by atoms with van der Waals surface area (Å²) < 4.78 is 22.8. The molecule has 27 heavy (non-hydrogen) atoms. The lowest BCUT2D eigenvalue weighted by atomic mass is 10.1. The van der Waals surface area contributed by atoms with Gasteiger partial charge in [-0.25, -0.2) is 18.5 Å². The molecule has 0 saturated carbocycles. The molecule has 138 valence electrons. The van der Waals surface area contributed by atoms with E-state index in [1.165, 1.54) is 12.1 Å². The number of anilines is 3. The molecular weight excluding hydrogens is 384 g/mol. The van der Waals surface area contributed by atoms with E-state index in [9.17, 15) is 8.42 Å². The predicted molar refractivity (Wildman–Crippen MR) is 112 cm³/mol. The Hall–Kier alpha value is -2.87. The summed E-state index contributed by atoms with van der Waals surface area (Å²) in [5.41, 5.74) is 9.79. The van der Waals surface area contributed by atoms with Gasteiger partial charge in [0.2, 0.25) is 10.0 Å². The van der Waals surface area contributed by atoms with Gasteiger partial charge in [-0.15, -0.1) is 12.4 Å². The molecule has 1 heterocycles. The second kappa shape index (κ2) is 7.03. The van der Waals surface area contributed by atoms with Crippen LogP contribution in [0.2, 0.25) is 0 Å². The zero-order chi connectivity index (χ0) is 18.3. The Morgan fingerprint density at radius 2 is 1.52 bits per heavy atom. The highest BCUT2D eigenvalue weighted by molar-refractivity contribution is 7.89. The monoisotopic (exact) mass is 400 g/mol. The number of nitrogen functional groups attached to an aromatic ring is 1. The third-order valence-electron chi connectivity index (χ3n) is 4.16. The van der Waals surface area contributed by atoms with Gasteiger partial charge in [0.25, 0.3) is 0 Å². The zero-order valence-corrected chi connectivity index (χ0v) is 15.7. The van der Waals surface area contributed by atoms with Gasteiger partial charge >= 0.3 is 0 Å². The first-order chi connectivity index (χ1) is 12.4. The Morgan fingerprint density at radius 1 is 0.852 bits per heavy atom. The van der Waals surface area contributed by atoms with Crippen LogP contribution < -0.4 is 16.2 Å². The fourth-order valence-corrected chi connectivity index (χ4v) is 3.43. The van der Waals surface area contributed by atoms with Crippen LogP contribution in [-0.4, -0.2) is 13.4 Å². The number of fused-ring (bicyclic) bond motifs is 2. The predicted octanol–water partition coefficient (Wildman–Crippen LogP) is 3.78. The summed E-state index contributed by atoms with van der Waals surface area (Å²) in [5.74, 6) is 0. The van der Waals surface area contributed by atoms with E-state index in [4.69, 9.17) is 10.9 Å². The lowest BCUT2D eigenvalue weighted by Crippen LogP contribution is -2.11. The fraction of sp³-hybridized carbons (Fsp3) is 0. The first kappa shape index (κ1) is 18.9. The summed E-state index contributed by atoms with van der Waals surface area (Å²) in [6, 6.07) is 19.7. The molecule has 0 radical (unpaired) electrons. The van der Waals surface area contributed by atoms with Crippen LogP contribution in [0.1, 0.15) is 0 Å². The van der Waals surface area contributed by atoms with Crippen LogP contribution in [0.3, 0.4) is 0 Å². The van der Waals surface area contributed by atoms with Crippen molar-refractivity contribution in [2.75, 3.05) is 11.1 Å². The smallest absolute Gasteiger partial charge is 0.238 e. The number of para-hydroxylation sites is 1. The largest absolute Gasteiger partial charge is 0.399 e. The van der Waals surface area contributed by atoms with Gasteiger partial charge in [0, 0.05) is 22.1 Å². The summed E-state index contributed by atoms with van der Waals surface area (Å²) >= 11 is 0. The molecule has 0 amide bonds. The minimum Gasteiger partial charge on any atom is -0.399 e. The van der Waals surface area contributed by atoms with Crippen LogP contribution in [0.5, 0.6) is 0 Å². The molecular formula is C19H17ClN4O2S. The Balaban J connectivity index is 0.00000210. The zero-order valence-electron chi connectivity index (χ0n) is 14.1. The van der Waals surface area contributed by atoms with Gasteiger partial charge in [0.05, 0.1) is 21.6 Å². The van der Waals surface area contributed by atoms with Crippen molar-refractivity contribution in [3.05, 3.63) is 66.7 Å². The van der Waals surface area contributed by atoms with Crippen molar-refractivity contribution in [1.29, 1.82) is 0 Å². The summed E-state index contributed by atoms with van der Waals surface area (Å²) in [5, 5.41) is 10.4. The highest BCUT2D eigenvalue weighted by Gasteiger charge is 2.11. The Morgan fingerprint density at radius 3 is 2.22 bits per heavy atom. The van der Waals surface area contributed by atoms with E-state index >= 15 is 0 Å². The number of aromatic nitrogens is 1. The summed E-state index contributed by atoms with van der Waals surface area (Å²) in [7, 11) is -3.72. The first-order valence-electron chi connectivity index (χ1n) is 7.90. The van der Waals surface area contributed by atoms with Crippen LogP contribution in [0.25, 0.3) is 21.8 Å². The summed E-state index contributed by atoms with van der Waals surface area (Å²) in [6.45, 7) is 0. The van der Waals surface area contributed by atoms with E-state index in [1.54, 1.807) is 12.1 Å². The number of hydrogen-bond donors (Lipinski definition) is 3. The van der Waals surface area contributed by atoms with Crippen molar-refractivity contribution in [3.63, 3.8) is 0 Å². The Labute approximate surface area is 162 Å². The molecule has 0 atom stereocenters. The van der Waals surface area contributed by atoms with E-state index in [0.717, 1.165) is 33.2 Å². The van der Waals surface area contributed by atoms with Crippen molar-refractivity contribution in [1.82, 2.24) is 4.98 Å². The quantitative estimate of drug-likeness (QED) is 0.358. The molecule has 3 aromatic carbocycles. The molecule has 8 heteroatoms. The van der Waals surface area contributed by atoms with E-state index in [2.05, 4.69) is 10.3 Å². The number of primary sulfonamides is 1. The van der Waals surface area contributed by atoms with Gasteiger partial charge in [-0.1, -0.05) is 18.2 Å². The molecule has 0 aliphatic carbocycles. The van der Waals surface area contributed by atoms with Gasteiger partial charge in [-0.2, -0.15) is 0 Å². The van der Waals surface area contributed by atoms with E-state index < -0.39 is 10.0 Å². The van der Waals surface area contributed by atoms with Crippen LogP contribution in [0.15, 0.2) is 71.6 Å². The molecule has 0 unspecified atom stereocenters. The topological polar surface area (TPSA) is 111 Å². The molecule has 4 rings (SSSR count). The highest BCUT2D eigenvalue weighted by Crippen LogP contribution is 2.34. The Kier molecular flexibility index (Phi) is 4.93. The van der Waals surface area contributed by atoms with Gasteiger partial charge < -0.3 is 11.1 Å². The second-order valence-corrected chi connectivity index (χ2v) is 7.54. The molecule has 0 bridgehead atoms. The number of sulfonamides is 1. The number of nitrogens with zero attached hydrogens (tertiary/aromatic N) is 1. The first-order valence-corrected chi connectivity index (χ1v) is 9.44. The van der Waals surface area contributed by atoms with Crippen molar-refractivity contribution in [2.45, 2.75) is 4.90 Å². The molecule has 0 spiro atoms. The van der Waals surface area contributed by atoms with Gasteiger partial charge in [-0.3, -0.25) is 0 Å². The average molecular weight is 401 g/mol. The second-order valence-electron chi connectivity index (χ2n) is 5.97. The summed E-state index contributed by atoms with van der Waals surface area (Å²) in [4.78, 5) is 4.74. The number of benzene rings is 3. The van der Waals surface area contributed by atoms with E-state index in [0.29, 0.717) is 5.69 Å². The van der Waals surface area contributed by atoms with Crippen molar-refractivity contribution >= 4 is 61.3 Å². The lowest BCUT2D eigenvalue weighted by Gasteiger charge is -2.14. The van der Waals surface area contributed by atoms with Crippen LogP contribution >= 0.6 is 12.4 Å². The number of halogens is 1. The molecule has 0 saturated heterocycles. The van der Waals surface area contributed by atoms with Crippen molar-refractivity contribution in [2.24, 2.45) is 5.14 Å². The maximum atomic E-state index is 11.4. The molecule has 0 aliphatic rings. The normalized spacial score (nSPS) is 11.3. The minimum absolute atomic E-state index is 0. The van der Waals surface area contributed by atoms with Gasteiger partial charge in [0.1, 0.15) is 0 Å². The minimum atomic E-state index is -3.72. The van der Waals surface area contributed by atoms with E-state index in [-0.39, 0.29) is 17.3 Å². The molecule has 1 aromatic heterocycles. The Bertz CT molecular complexity index is 1240. The number of rotatable bonds is 3. The molecule has 4 aromatic rings. The van der Waals surface area contributed by atoms with Crippen molar-refractivity contribution < 1.29 is 8.42 Å². The fourth-order valence-electron chi connectivity index (χ4n) is 2.92. The molecule has 0 aliphatic heterocycles. The van der Waals surface area contributed by atoms with E-state index in [1.807, 2.05) is 42.5 Å². The van der Waals surface area contributed by atoms with Crippen LogP contribution in [0, 0.1) is 0 Å². The number of pyridine rings is 1. The standard InChI is InChI=1S/C19H16N4O2S.ClH/c20-12-5-10-16-18(11-12)23-17-4-2-1-3-15(17)19(16)22-13-6-8-14(9-7-13)26(21,24)25;/h1-11H,20H2,(H,22,23)(H2,21,24,25);1H. The third-order valence-corrected chi connectivity index (χ3v) is 5.09. The maximum absolute atomic E-state index is 11.4. The number of hydrogen-bond acceptors (Lipinski definition) is 5. The SMILES string of the molecule is Cl.Nc1ccc2c(Nc3ccc(S(N)(=O)=O)cc3)c3ccccc3nc2c1. The van der Waals surface area contributed by atoms with Gasteiger partial charge in [-0.05, 0) is 48.5 Å². The van der Waals surface area contributed by atoms with Gasteiger partial charge in [0.15, 0.2) is 0 Å².